The molecule has 0 heterocycles. The van der Waals surface area contributed by atoms with Gasteiger partial charge >= 0.3 is 0 Å². The van der Waals surface area contributed by atoms with Gasteiger partial charge in [0.15, 0.2) is 0 Å². The van der Waals surface area contributed by atoms with Crippen LogP contribution in [-0.2, 0) is 4.74 Å². The summed E-state index contributed by atoms with van der Waals surface area (Å²) in [5.74, 6) is 1.95. The number of hydrazone groups is 1. The van der Waals surface area contributed by atoms with E-state index in [4.69, 9.17) is 4.74 Å². The first-order valence-corrected chi connectivity index (χ1v) is 7.07. The van der Waals surface area contributed by atoms with Crippen molar-refractivity contribution in [1.29, 1.82) is 0 Å². The van der Waals surface area contributed by atoms with Crippen LogP contribution in [0.4, 0.5) is 0 Å². The monoisotopic (exact) mass is 262 g/mol. The minimum Gasteiger partial charge on any atom is -0.490 e. The van der Waals surface area contributed by atoms with Gasteiger partial charge in [0.25, 0.3) is 0 Å². The molecule has 0 spiro atoms. The van der Waals surface area contributed by atoms with E-state index in [0.29, 0.717) is 18.4 Å². The van der Waals surface area contributed by atoms with Crippen LogP contribution < -0.4 is 5.43 Å². The average Bonchev–Trinajstić information content (AvgIpc) is 2.36. The number of hydrogen-bond acceptors (Lipinski definition) is 3. The molecule has 3 heteroatoms. The van der Waals surface area contributed by atoms with Crippen LogP contribution in [0.5, 0.6) is 0 Å². The second-order valence-corrected chi connectivity index (χ2v) is 5.14. The molecule has 0 aromatic heterocycles. The lowest BCUT2D eigenvalue weighted by Gasteiger charge is -2.17. The van der Waals surface area contributed by atoms with Gasteiger partial charge in [-0.25, -0.2) is 0 Å². The van der Waals surface area contributed by atoms with E-state index in [1.807, 2.05) is 13.1 Å². The van der Waals surface area contributed by atoms with Crippen LogP contribution in [0.2, 0.25) is 0 Å². The van der Waals surface area contributed by atoms with Crippen molar-refractivity contribution >= 4 is 6.21 Å². The molecule has 3 nitrogen and oxygen atoms in total. The fraction of sp³-hybridized carbons (Fsp3) is 0.562. The minimum atomic E-state index is 0.373. The Balaban J connectivity index is 2.41. The number of nitrogens with zero attached hydrogens (tertiary/aromatic N) is 1. The molecule has 19 heavy (non-hydrogen) atoms. The fourth-order valence-electron chi connectivity index (χ4n) is 1.85. The quantitative estimate of drug-likeness (QED) is 0.431. The lowest BCUT2D eigenvalue weighted by atomic mass is 9.95. The Morgan fingerprint density at radius 3 is 2.95 bits per heavy atom. The van der Waals surface area contributed by atoms with Gasteiger partial charge in [0.05, 0.1) is 0 Å². The molecule has 106 valence electrons. The summed E-state index contributed by atoms with van der Waals surface area (Å²) in [6.07, 6.45) is 11.4. The van der Waals surface area contributed by atoms with Crippen molar-refractivity contribution in [1.82, 2.24) is 5.43 Å². The molecule has 1 unspecified atom stereocenters. The third-order valence-corrected chi connectivity index (χ3v) is 2.83. The van der Waals surface area contributed by atoms with Crippen LogP contribution in [0.25, 0.3) is 0 Å². The molecular weight excluding hydrogens is 236 g/mol. The van der Waals surface area contributed by atoms with Gasteiger partial charge in [0.1, 0.15) is 12.4 Å². The predicted molar refractivity (Wildman–Crippen MR) is 82.0 cm³/mol. The van der Waals surface area contributed by atoms with Gasteiger partial charge in [-0.1, -0.05) is 32.1 Å². The number of allylic oxidation sites excluding steroid dienone is 4. The van der Waals surface area contributed by atoms with Crippen molar-refractivity contribution in [3.05, 3.63) is 35.6 Å². The molecule has 0 saturated heterocycles. The Hall–Kier alpha value is -1.51. The minimum absolute atomic E-state index is 0.373. The molecule has 1 atom stereocenters. The zero-order valence-corrected chi connectivity index (χ0v) is 12.5. The number of nitrogens with one attached hydrogen (secondary N) is 1. The summed E-state index contributed by atoms with van der Waals surface area (Å²) < 4.78 is 5.77. The highest BCUT2D eigenvalue weighted by Gasteiger charge is 2.12. The highest BCUT2D eigenvalue weighted by Crippen LogP contribution is 2.23. The molecule has 0 radical (unpaired) electrons. The van der Waals surface area contributed by atoms with Crippen LogP contribution in [0.1, 0.15) is 34.1 Å². The maximum Gasteiger partial charge on any atom is 0.118 e. The molecule has 0 amide bonds. The van der Waals surface area contributed by atoms with Crippen LogP contribution >= 0.6 is 0 Å². The summed E-state index contributed by atoms with van der Waals surface area (Å²) in [7, 11) is 0. The van der Waals surface area contributed by atoms with Crippen LogP contribution in [0.15, 0.2) is 40.7 Å². The van der Waals surface area contributed by atoms with E-state index < -0.39 is 0 Å². The Bertz CT molecular complexity index is 378. The Morgan fingerprint density at radius 2 is 2.32 bits per heavy atom. The van der Waals surface area contributed by atoms with Gasteiger partial charge in [0, 0.05) is 18.7 Å². The van der Waals surface area contributed by atoms with Crippen molar-refractivity contribution in [2.75, 3.05) is 13.2 Å². The number of rotatable bonds is 7. The second kappa shape index (κ2) is 8.57. The highest BCUT2D eigenvalue weighted by molar-refractivity contribution is 5.64. The largest absolute Gasteiger partial charge is 0.490 e. The Labute approximate surface area is 117 Å². The zero-order chi connectivity index (χ0) is 14.1. The maximum atomic E-state index is 5.77. The van der Waals surface area contributed by atoms with Gasteiger partial charge < -0.3 is 10.2 Å². The Kier molecular flexibility index (Phi) is 7.01. The van der Waals surface area contributed by atoms with Crippen molar-refractivity contribution < 1.29 is 4.74 Å². The van der Waals surface area contributed by atoms with E-state index in [0.717, 1.165) is 18.7 Å². The van der Waals surface area contributed by atoms with Crippen molar-refractivity contribution in [3.63, 3.8) is 0 Å². The molecule has 0 aliphatic heterocycles. The first kappa shape index (κ1) is 15.5. The van der Waals surface area contributed by atoms with E-state index in [1.165, 1.54) is 5.57 Å². The second-order valence-electron chi connectivity index (χ2n) is 5.14. The van der Waals surface area contributed by atoms with E-state index >= 15 is 0 Å². The van der Waals surface area contributed by atoms with Gasteiger partial charge in [-0.3, -0.25) is 0 Å². The van der Waals surface area contributed by atoms with E-state index in [1.54, 1.807) is 0 Å². The molecule has 1 aliphatic carbocycles. The summed E-state index contributed by atoms with van der Waals surface area (Å²) in [6.45, 7) is 9.99. The molecule has 1 N–H and O–H groups in total. The van der Waals surface area contributed by atoms with Crippen LogP contribution in [-0.4, -0.2) is 19.4 Å². The van der Waals surface area contributed by atoms with E-state index in [9.17, 15) is 0 Å². The lowest BCUT2D eigenvalue weighted by Crippen LogP contribution is -2.10. The smallest absolute Gasteiger partial charge is 0.118 e. The maximum absolute atomic E-state index is 5.77. The Morgan fingerprint density at radius 1 is 1.53 bits per heavy atom. The first-order chi connectivity index (χ1) is 9.13. The van der Waals surface area contributed by atoms with Crippen molar-refractivity contribution in [2.45, 2.75) is 34.1 Å². The number of ether oxygens (including phenoxy) is 1. The molecule has 0 bridgehead atoms. The third-order valence-electron chi connectivity index (χ3n) is 2.83. The number of hydrogen-bond donors (Lipinski definition) is 1. The normalized spacial score (nSPS) is 19.9. The van der Waals surface area contributed by atoms with Gasteiger partial charge in [-0.05, 0) is 37.8 Å². The van der Waals surface area contributed by atoms with Gasteiger partial charge in [-0.15, -0.1) is 0 Å². The summed E-state index contributed by atoms with van der Waals surface area (Å²) in [4.78, 5) is 0. The zero-order valence-electron chi connectivity index (χ0n) is 12.5. The van der Waals surface area contributed by atoms with Gasteiger partial charge in [0.2, 0.25) is 0 Å². The predicted octanol–water partition coefficient (Wildman–Crippen LogP) is 3.66. The fourth-order valence-corrected chi connectivity index (χ4v) is 1.85. The first-order valence-electron chi connectivity index (χ1n) is 7.07. The molecule has 0 aromatic rings. The summed E-state index contributed by atoms with van der Waals surface area (Å²) in [5.41, 5.74) is 4.24. The van der Waals surface area contributed by atoms with Crippen LogP contribution in [0.3, 0.4) is 0 Å². The molecule has 0 aromatic carbocycles. The molecular formula is C16H26N2O. The molecule has 0 fully saturated rings. The average molecular weight is 262 g/mol. The highest BCUT2D eigenvalue weighted by atomic mass is 16.5. The van der Waals surface area contributed by atoms with E-state index in [-0.39, 0.29) is 0 Å². The SMILES string of the molecule is CCN/N=C/C1C=CC(OC/C=C/C(C)C)=C(C)C1. The van der Waals surface area contributed by atoms with Gasteiger partial charge in [-0.2, -0.15) is 5.10 Å². The standard InChI is InChI=1S/C16H26N2O/c1-5-17-18-12-15-8-9-16(14(4)11-15)19-10-6-7-13(2)3/h6-9,12-13,15,17H,5,10-11H2,1-4H3/b7-6+,18-12+. The lowest BCUT2D eigenvalue weighted by molar-refractivity contribution is 0.254. The summed E-state index contributed by atoms with van der Waals surface area (Å²) >= 11 is 0. The summed E-state index contributed by atoms with van der Waals surface area (Å²) in [5, 5.41) is 4.17. The van der Waals surface area contributed by atoms with Crippen molar-refractivity contribution in [2.24, 2.45) is 16.9 Å². The van der Waals surface area contributed by atoms with Crippen LogP contribution in [0, 0.1) is 11.8 Å². The topological polar surface area (TPSA) is 33.6 Å². The summed E-state index contributed by atoms with van der Waals surface area (Å²) in [6, 6.07) is 0. The molecule has 1 rings (SSSR count). The van der Waals surface area contributed by atoms with Crippen molar-refractivity contribution in [3.8, 4) is 0 Å². The molecule has 1 aliphatic rings. The molecule has 0 saturated carbocycles. The van der Waals surface area contributed by atoms with E-state index in [2.05, 4.69) is 55.6 Å². The third kappa shape index (κ3) is 6.27.